The van der Waals surface area contributed by atoms with Gasteiger partial charge in [-0.3, -0.25) is 9.59 Å². The van der Waals surface area contributed by atoms with Gasteiger partial charge in [-0.15, -0.1) is 0 Å². The topological polar surface area (TPSA) is 103 Å². The highest BCUT2D eigenvalue weighted by Crippen LogP contribution is 2.31. The Morgan fingerprint density at radius 3 is 2.52 bits per heavy atom. The molecule has 0 spiro atoms. The number of sulfonamides is 1. The van der Waals surface area contributed by atoms with Gasteiger partial charge in [0.25, 0.3) is 5.56 Å². The molecule has 1 N–H and O–H groups in total. The SMILES string of the molecule is CS(=O)(=O)N1CCCCC1c1nc2c(c(=O)[nH]1)CN(C(=O)C1CCCCC1)CC2. The summed E-state index contributed by atoms with van der Waals surface area (Å²) in [5, 5.41) is 0. The van der Waals surface area contributed by atoms with E-state index in [0.29, 0.717) is 49.6 Å². The van der Waals surface area contributed by atoms with Crippen molar-refractivity contribution in [1.29, 1.82) is 0 Å². The number of hydrogen-bond acceptors (Lipinski definition) is 5. The predicted octanol–water partition coefficient (Wildman–Crippen LogP) is 1.72. The first-order valence-corrected chi connectivity index (χ1v) is 12.6. The molecule has 2 fully saturated rings. The van der Waals surface area contributed by atoms with Gasteiger partial charge in [0.15, 0.2) is 0 Å². The molecule has 1 saturated carbocycles. The number of piperidine rings is 1. The predicted molar refractivity (Wildman–Crippen MR) is 109 cm³/mol. The smallest absolute Gasteiger partial charge is 0.256 e. The Morgan fingerprint density at radius 2 is 1.79 bits per heavy atom. The molecule has 1 saturated heterocycles. The Morgan fingerprint density at radius 1 is 1.07 bits per heavy atom. The fourth-order valence-electron chi connectivity index (χ4n) is 4.97. The number of carbonyl (C=O) groups excluding carboxylic acids is 1. The third kappa shape index (κ3) is 4.26. The highest BCUT2D eigenvalue weighted by molar-refractivity contribution is 7.88. The number of carbonyl (C=O) groups is 1. The first kappa shape index (κ1) is 20.5. The number of nitrogens with one attached hydrogen (secondary N) is 1. The lowest BCUT2D eigenvalue weighted by atomic mass is 9.88. The lowest BCUT2D eigenvalue weighted by molar-refractivity contribution is -0.137. The van der Waals surface area contributed by atoms with Crippen LogP contribution in [0.5, 0.6) is 0 Å². The van der Waals surface area contributed by atoms with Crippen molar-refractivity contribution in [2.75, 3.05) is 19.3 Å². The second-order valence-electron chi connectivity index (χ2n) is 8.61. The van der Waals surface area contributed by atoms with E-state index in [1.807, 2.05) is 0 Å². The summed E-state index contributed by atoms with van der Waals surface area (Å²) in [5.74, 6) is 0.683. The van der Waals surface area contributed by atoms with E-state index in [-0.39, 0.29) is 17.4 Å². The fourth-order valence-corrected chi connectivity index (χ4v) is 6.10. The molecule has 0 radical (unpaired) electrons. The highest BCUT2D eigenvalue weighted by Gasteiger charge is 2.34. The monoisotopic (exact) mass is 422 g/mol. The first-order valence-electron chi connectivity index (χ1n) is 10.7. The van der Waals surface area contributed by atoms with Gasteiger partial charge < -0.3 is 9.88 Å². The van der Waals surface area contributed by atoms with Crippen molar-refractivity contribution in [3.63, 3.8) is 0 Å². The van der Waals surface area contributed by atoms with Crippen molar-refractivity contribution in [1.82, 2.24) is 19.2 Å². The molecule has 3 aliphatic rings. The molecular formula is C20H30N4O4S. The molecule has 1 aromatic rings. The van der Waals surface area contributed by atoms with E-state index in [1.54, 1.807) is 4.90 Å². The van der Waals surface area contributed by atoms with Crippen LogP contribution in [0.1, 0.15) is 74.5 Å². The summed E-state index contributed by atoms with van der Waals surface area (Å²) < 4.78 is 25.8. The zero-order valence-corrected chi connectivity index (χ0v) is 17.8. The molecular weight excluding hydrogens is 392 g/mol. The van der Waals surface area contributed by atoms with Gasteiger partial charge in [0, 0.05) is 25.4 Å². The average molecular weight is 423 g/mol. The highest BCUT2D eigenvalue weighted by atomic mass is 32.2. The van der Waals surface area contributed by atoms with Crippen LogP contribution in [0.2, 0.25) is 0 Å². The Kier molecular flexibility index (Phi) is 5.79. The number of nitrogens with zero attached hydrogens (tertiary/aromatic N) is 3. The van der Waals surface area contributed by atoms with Crippen LogP contribution in [-0.4, -0.2) is 52.8 Å². The lowest BCUT2D eigenvalue weighted by Crippen LogP contribution is -2.44. The summed E-state index contributed by atoms with van der Waals surface area (Å²) >= 11 is 0. The number of hydrogen-bond donors (Lipinski definition) is 1. The zero-order valence-electron chi connectivity index (χ0n) is 17.0. The van der Waals surface area contributed by atoms with Crippen LogP contribution in [0.15, 0.2) is 4.79 Å². The Labute approximate surface area is 171 Å². The van der Waals surface area contributed by atoms with Gasteiger partial charge in [-0.25, -0.2) is 13.4 Å². The third-order valence-corrected chi connectivity index (χ3v) is 7.84. The standard InChI is InChI=1S/C20H30N4O4S/c1-29(27,28)24-11-6-5-9-17(24)18-21-16-10-12-23(13-15(16)19(25)22-18)20(26)14-7-3-2-4-8-14/h14,17H,2-13H2,1H3,(H,21,22,25). The van der Waals surface area contributed by atoms with Crippen molar-refractivity contribution in [2.24, 2.45) is 5.92 Å². The molecule has 4 rings (SSSR count). The summed E-state index contributed by atoms with van der Waals surface area (Å²) in [6.45, 7) is 1.32. The van der Waals surface area contributed by atoms with Crippen LogP contribution in [0.4, 0.5) is 0 Å². The second kappa shape index (κ2) is 8.18. The molecule has 1 unspecified atom stereocenters. The Balaban J connectivity index is 1.57. The van der Waals surface area contributed by atoms with E-state index in [4.69, 9.17) is 0 Å². The molecule has 0 aromatic carbocycles. The Hall–Kier alpha value is -1.74. The average Bonchev–Trinajstić information content (AvgIpc) is 2.73. The number of aromatic nitrogens is 2. The van der Waals surface area contributed by atoms with Gasteiger partial charge in [0.2, 0.25) is 15.9 Å². The molecule has 3 heterocycles. The number of H-pyrrole nitrogens is 1. The molecule has 1 amide bonds. The van der Waals surface area contributed by atoms with Crippen molar-refractivity contribution in [3.05, 3.63) is 27.4 Å². The minimum Gasteiger partial charge on any atom is -0.337 e. The minimum atomic E-state index is -3.37. The molecule has 1 atom stereocenters. The van der Waals surface area contributed by atoms with Crippen LogP contribution in [0.3, 0.4) is 0 Å². The maximum atomic E-state index is 12.9. The quantitative estimate of drug-likeness (QED) is 0.799. The van der Waals surface area contributed by atoms with Crippen LogP contribution in [0, 0.1) is 5.92 Å². The van der Waals surface area contributed by atoms with Gasteiger partial charge in [-0.2, -0.15) is 4.31 Å². The molecule has 0 bridgehead atoms. The number of rotatable bonds is 3. The van der Waals surface area contributed by atoms with Crippen molar-refractivity contribution in [2.45, 2.75) is 70.4 Å². The van der Waals surface area contributed by atoms with E-state index in [9.17, 15) is 18.0 Å². The van der Waals surface area contributed by atoms with Crippen molar-refractivity contribution in [3.8, 4) is 0 Å². The van der Waals surface area contributed by atoms with Gasteiger partial charge in [-0.1, -0.05) is 25.7 Å². The van der Waals surface area contributed by atoms with Crippen molar-refractivity contribution >= 4 is 15.9 Å². The minimum absolute atomic E-state index is 0.0853. The summed E-state index contributed by atoms with van der Waals surface area (Å²) in [6, 6.07) is -0.418. The molecule has 1 aromatic heterocycles. The van der Waals surface area contributed by atoms with Crippen LogP contribution in [-0.2, 0) is 27.8 Å². The molecule has 8 nitrogen and oxygen atoms in total. The van der Waals surface area contributed by atoms with Gasteiger partial charge in [0.1, 0.15) is 5.82 Å². The molecule has 160 valence electrons. The number of fused-ring (bicyclic) bond motifs is 1. The summed E-state index contributed by atoms with van der Waals surface area (Å²) in [6.07, 6.45) is 9.41. The van der Waals surface area contributed by atoms with E-state index >= 15 is 0 Å². The van der Waals surface area contributed by atoms with E-state index in [2.05, 4.69) is 9.97 Å². The van der Waals surface area contributed by atoms with Crippen molar-refractivity contribution < 1.29 is 13.2 Å². The number of amides is 1. The number of aromatic amines is 1. The maximum Gasteiger partial charge on any atom is 0.256 e. The van der Waals surface area contributed by atoms with Gasteiger partial charge >= 0.3 is 0 Å². The molecule has 29 heavy (non-hydrogen) atoms. The van der Waals surface area contributed by atoms with E-state index in [1.165, 1.54) is 17.0 Å². The molecule has 1 aliphatic carbocycles. The lowest BCUT2D eigenvalue weighted by Gasteiger charge is -2.34. The van der Waals surface area contributed by atoms with Gasteiger partial charge in [-0.05, 0) is 25.7 Å². The van der Waals surface area contributed by atoms with E-state index in [0.717, 1.165) is 38.5 Å². The summed E-state index contributed by atoms with van der Waals surface area (Å²) in [5.41, 5.74) is 1.01. The largest absolute Gasteiger partial charge is 0.337 e. The molecule has 9 heteroatoms. The first-order chi connectivity index (χ1) is 13.8. The van der Waals surface area contributed by atoms with Crippen LogP contribution in [0.25, 0.3) is 0 Å². The summed E-state index contributed by atoms with van der Waals surface area (Å²) in [4.78, 5) is 35.0. The maximum absolute atomic E-state index is 12.9. The zero-order chi connectivity index (χ0) is 20.6. The molecule has 2 aliphatic heterocycles. The van der Waals surface area contributed by atoms with Crippen LogP contribution >= 0.6 is 0 Å². The normalized spacial score (nSPS) is 24.3. The third-order valence-electron chi connectivity index (χ3n) is 6.55. The van der Waals surface area contributed by atoms with E-state index < -0.39 is 16.1 Å². The van der Waals surface area contributed by atoms with Gasteiger partial charge in [0.05, 0.1) is 30.1 Å². The Bertz CT molecular complexity index is 936. The second-order valence-corrected chi connectivity index (χ2v) is 10.5. The summed E-state index contributed by atoms with van der Waals surface area (Å²) in [7, 11) is -3.37. The van der Waals surface area contributed by atoms with Crippen LogP contribution < -0.4 is 5.56 Å². The fraction of sp³-hybridized carbons (Fsp3) is 0.750.